The van der Waals surface area contributed by atoms with Crippen LogP contribution in [0.3, 0.4) is 0 Å². The van der Waals surface area contributed by atoms with Crippen LogP contribution >= 0.6 is 0 Å². The molecule has 1 unspecified atom stereocenters. The van der Waals surface area contributed by atoms with Gasteiger partial charge in [0.15, 0.2) is 17.3 Å². The van der Waals surface area contributed by atoms with Gasteiger partial charge in [-0.25, -0.2) is 0 Å². The number of hydrogen-bond acceptors (Lipinski definition) is 6. The maximum atomic E-state index is 10.2. The number of aryl methyl sites for hydroxylation is 1. The molecular formula is C15H18N2O4. The number of hydrogen-bond donors (Lipinski definition) is 2. The molecule has 3 rings (SSSR count). The highest BCUT2D eigenvalue weighted by atomic mass is 16.6. The fourth-order valence-electron chi connectivity index (χ4n) is 2.22. The van der Waals surface area contributed by atoms with Gasteiger partial charge in [-0.2, -0.15) is 0 Å². The van der Waals surface area contributed by atoms with Gasteiger partial charge in [-0.1, -0.05) is 11.2 Å². The Labute approximate surface area is 122 Å². The van der Waals surface area contributed by atoms with Gasteiger partial charge < -0.3 is 24.4 Å². The maximum absolute atomic E-state index is 10.2. The number of rotatable bonds is 5. The Bertz CT molecular complexity index is 611. The lowest BCUT2D eigenvalue weighted by atomic mass is 10.1. The van der Waals surface area contributed by atoms with E-state index in [-0.39, 0.29) is 0 Å². The molecule has 0 amide bonds. The summed E-state index contributed by atoms with van der Waals surface area (Å²) in [4.78, 5) is 0. The number of nitrogens with zero attached hydrogens (tertiary/aromatic N) is 1. The van der Waals surface area contributed by atoms with Crippen molar-refractivity contribution in [2.75, 3.05) is 19.8 Å². The van der Waals surface area contributed by atoms with Gasteiger partial charge in [0.05, 0.1) is 18.3 Å². The monoisotopic (exact) mass is 290 g/mol. The van der Waals surface area contributed by atoms with Crippen molar-refractivity contribution in [3.63, 3.8) is 0 Å². The van der Waals surface area contributed by atoms with Crippen molar-refractivity contribution in [3.05, 3.63) is 41.3 Å². The van der Waals surface area contributed by atoms with Crippen molar-refractivity contribution in [1.82, 2.24) is 10.5 Å². The molecular weight excluding hydrogens is 272 g/mol. The second-order valence-corrected chi connectivity index (χ2v) is 4.98. The zero-order valence-corrected chi connectivity index (χ0v) is 11.8. The van der Waals surface area contributed by atoms with Gasteiger partial charge in [-0.15, -0.1) is 0 Å². The molecule has 6 heteroatoms. The molecule has 2 aromatic rings. The second kappa shape index (κ2) is 6.15. The summed E-state index contributed by atoms with van der Waals surface area (Å²) in [6.45, 7) is 3.92. The van der Waals surface area contributed by atoms with E-state index in [1.54, 1.807) is 0 Å². The first kappa shape index (κ1) is 13.9. The molecule has 0 radical (unpaired) electrons. The third-order valence-corrected chi connectivity index (χ3v) is 3.26. The number of benzene rings is 1. The van der Waals surface area contributed by atoms with Gasteiger partial charge in [-0.05, 0) is 24.6 Å². The first-order valence-corrected chi connectivity index (χ1v) is 6.93. The molecule has 2 N–H and O–H groups in total. The lowest BCUT2D eigenvalue weighted by Gasteiger charge is -2.20. The zero-order valence-electron chi connectivity index (χ0n) is 11.8. The number of aliphatic hydroxyl groups excluding tert-OH is 1. The van der Waals surface area contributed by atoms with Crippen LogP contribution < -0.4 is 14.8 Å². The fourth-order valence-corrected chi connectivity index (χ4v) is 2.22. The minimum atomic E-state index is -0.621. The van der Waals surface area contributed by atoms with Gasteiger partial charge in [0.25, 0.3) is 0 Å². The molecule has 0 aliphatic carbocycles. The summed E-state index contributed by atoms with van der Waals surface area (Å²) in [5.41, 5.74) is 1.64. The second-order valence-electron chi connectivity index (χ2n) is 4.98. The summed E-state index contributed by atoms with van der Waals surface area (Å²) in [5.74, 6) is 2.16. The molecule has 2 heterocycles. The Balaban J connectivity index is 1.56. The van der Waals surface area contributed by atoms with Gasteiger partial charge >= 0.3 is 0 Å². The SMILES string of the molecule is Cc1cc(CNCC(O)c2ccc3c(c2)OCCO3)on1. The molecule has 0 bridgehead atoms. The lowest BCUT2D eigenvalue weighted by Crippen LogP contribution is -2.21. The van der Waals surface area contributed by atoms with E-state index in [4.69, 9.17) is 14.0 Å². The lowest BCUT2D eigenvalue weighted by molar-refractivity contribution is 0.162. The zero-order chi connectivity index (χ0) is 14.7. The molecule has 0 saturated carbocycles. The van der Waals surface area contributed by atoms with E-state index in [1.165, 1.54) is 0 Å². The number of aliphatic hydroxyl groups is 1. The largest absolute Gasteiger partial charge is 0.486 e. The summed E-state index contributed by atoms with van der Waals surface area (Å²) >= 11 is 0. The van der Waals surface area contributed by atoms with Crippen molar-refractivity contribution in [2.45, 2.75) is 19.6 Å². The predicted octanol–water partition coefficient (Wildman–Crippen LogP) is 1.58. The standard InChI is InChI=1S/C15H18N2O4/c1-10-6-12(21-17-10)8-16-9-13(18)11-2-3-14-15(7-11)20-5-4-19-14/h2-3,6-7,13,16,18H,4-5,8-9H2,1H3. The van der Waals surface area contributed by atoms with Crippen molar-refractivity contribution in [1.29, 1.82) is 0 Å². The quantitative estimate of drug-likeness (QED) is 0.870. The first-order chi connectivity index (χ1) is 10.2. The molecule has 112 valence electrons. The summed E-state index contributed by atoms with van der Waals surface area (Å²) < 4.78 is 16.1. The average molecular weight is 290 g/mol. The Morgan fingerprint density at radius 1 is 1.24 bits per heavy atom. The molecule has 1 atom stereocenters. The Morgan fingerprint density at radius 2 is 2.05 bits per heavy atom. The highest BCUT2D eigenvalue weighted by molar-refractivity contribution is 5.44. The van der Waals surface area contributed by atoms with E-state index in [0.29, 0.717) is 32.1 Å². The predicted molar refractivity (Wildman–Crippen MR) is 75.3 cm³/mol. The van der Waals surface area contributed by atoms with Crippen molar-refractivity contribution in [3.8, 4) is 11.5 Å². The van der Waals surface area contributed by atoms with E-state index in [1.807, 2.05) is 31.2 Å². The summed E-state index contributed by atoms with van der Waals surface area (Å²) in [6, 6.07) is 7.36. The molecule has 21 heavy (non-hydrogen) atoms. The Kier molecular flexibility index (Phi) is 4.08. The van der Waals surface area contributed by atoms with Crippen LogP contribution in [0.15, 0.2) is 28.8 Å². The van der Waals surface area contributed by atoms with Gasteiger partial charge in [0.1, 0.15) is 13.2 Å². The van der Waals surface area contributed by atoms with E-state index in [2.05, 4.69) is 10.5 Å². The van der Waals surface area contributed by atoms with Gasteiger partial charge in [0, 0.05) is 12.6 Å². The summed E-state index contributed by atoms with van der Waals surface area (Å²) in [7, 11) is 0. The van der Waals surface area contributed by atoms with Crippen LogP contribution in [-0.4, -0.2) is 30.0 Å². The van der Waals surface area contributed by atoms with Crippen molar-refractivity contribution in [2.24, 2.45) is 0 Å². The highest BCUT2D eigenvalue weighted by Gasteiger charge is 2.15. The van der Waals surface area contributed by atoms with E-state index < -0.39 is 6.10 Å². The van der Waals surface area contributed by atoms with E-state index >= 15 is 0 Å². The van der Waals surface area contributed by atoms with Crippen LogP contribution in [0.2, 0.25) is 0 Å². The molecule has 6 nitrogen and oxygen atoms in total. The van der Waals surface area contributed by atoms with Gasteiger partial charge in [0.2, 0.25) is 0 Å². The normalized spacial score (nSPS) is 15.0. The number of ether oxygens (including phenoxy) is 2. The molecule has 0 saturated heterocycles. The third kappa shape index (κ3) is 3.34. The maximum Gasteiger partial charge on any atom is 0.161 e. The number of fused-ring (bicyclic) bond motifs is 1. The van der Waals surface area contributed by atoms with E-state index in [9.17, 15) is 5.11 Å². The molecule has 1 aromatic heterocycles. The molecule has 0 spiro atoms. The van der Waals surface area contributed by atoms with Crippen LogP contribution in [0.1, 0.15) is 23.1 Å². The van der Waals surface area contributed by atoms with Crippen molar-refractivity contribution >= 4 is 0 Å². The van der Waals surface area contributed by atoms with Gasteiger partial charge in [-0.3, -0.25) is 0 Å². The summed E-state index contributed by atoms with van der Waals surface area (Å²) in [5, 5.41) is 17.2. The Morgan fingerprint density at radius 3 is 2.81 bits per heavy atom. The minimum absolute atomic E-state index is 0.416. The molecule has 1 aromatic carbocycles. The van der Waals surface area contributed by atoms with Crippen molar-refractivity contribution < 1.29 is 19.1 Å². The molecule has 1 aliphatic rings. The Hall–Kier alpha value is -2.05. The van der Waals surface area contributed by atoms with Crippen LogP contribution in [0.4, 0.5) is 0 Å². The topological polar surface area (TPSA) is 76.8 Å². The smallest absolute Gasteiger partial charge is 0.161 e. The highest BCUT2D eigenvalue weighted by Crippen LogP contribution is 2.32. The van der Waals surface area contributed by atoms with Crippen LogP contribution in [0.5, 0.6) is 11.5 Å². The number of nitrogens with one attached hydrogen (secondary N) is 1. The number of aromatic nitrogens is 1. The summed E-state index contributed by atoms with van der Waals surface area (Å²) in [6.07, 6.45) is -0.621. The first-order valence-electron chi connectivity index (χ1n) is 6.93. The van der Waals surface area contributed by atoms with Crippen LogP contribution in [0.25, 0.3) is 0 Å². The molecule has 1 aliphatic heterocycles. The minimum Gasteiger partial charge on any atom is -0.486 e. The average Bonchev–Trinajstić information content (AvgIpc) is 2.92. The van der Waals surface area contributed by atoms with E-state index in [0.717, 1.165) is 22.8 Å². The third-order valence-electron chi connectivity index (χ3n) is 3.26. The van der Waals surface area contributed by atoms with Crippen LogP contribution in [0, 0.1) is 6.92 Å². The fraction of sp³-hybridized carbons (Fsp3) is 0.400. The molecule has 0 fully saturated rings. The van der Waals surface area contributed by atoms with Crippen LogP contribution in [-0.2, 0) is 6.54 Å².